The summed E-state index contributed by atoms with van der Waals surface area (Å²) < 4.78 is 5.16. The maximum absolute atomic E-state index is 12.9. The molecule has 1 aliphatic heterocycles. The van der Waals surface area contributed by atoms with Gasteiger partial charge in [-0.1, -0.05) is 0 Å². The highest BCUT2D eigenvalue weighted by Crippen LogP contribution is 2.59. The molecule has 1 aromatic heterocycles. The SMILES string of the molecule is CCOC(=O)C1(C2(C(=O)c3cnccn3)C=CC=N2)CC1. The van der Waals surface area contributed by atoms with Gasteiger partial charge in [-0.3, -0.25) is 19.6 Å². The second kappa shape index (κ2) is 4.87. The fraction of sp³-hybridized carbons (Fsp3) is 0.400. The molecule has 6 nitrogen and oxygen atoms in total. The van der Waals surface area contributed by atoms with E-state index < -0.39 is 11.0 Å². The molecule has 0 bridgehead atoms. The monoisotopic (exact) mass is 285 g/mol. The van der Waals surface area contributed by atoms with Crippen LogP contribution in [0.4, 0.5) is 0 Å². The topological polar surface area (TPSA) is 81.5 Å². The van der Waals surface area contributed by atoms with Crippen LogP contribution in [0, 0.1) is 5.41 Å². The Kier molecular flexibility index (Phi) is 3.16. The van der Waals surface area contributed by atoms with Gasteiger partial charge in [0, 0.05) is 18.6 Å². The molecule has 0 saturated heterocycles. The Labute approximate surface area is 122 Å². The molecular weight excluding hydrogens is 270 g/mol. The molecule has 108 valence electrons. The van der Waals surface area contributed by atoms with Gasteiger partial charge in [0.25, 0.3) is 0 Å². The highest BCUT2D eigenvalue weighted by Gasteiger charge is 2.68. The smallest absolute Gasteiger partial charge is 0.315 e. The lowest BCUT2D eigenvalue weighted by Gasteiger charge is -2.30. The van der Waals surface area contributed by atoms with Crippen molar-refractivity contribution >= 4 is 18.0 Å². The van der Waals surface area contributed by atoms with Crippen LogP contribution in [0.25, 0.3) is 0 Å². The van der Waals surface area contributed by atoms with Crippen molar-refractivity contribution in [2.45, 2.75) is 25.3 Å². The summed E-state index contributed by atoms with van der Waals surface area (Å²) in [5, 5.41) is 0. The van der Waals surface area contributed by atoms with Crippen LogP contribution in [0.2, 0.25) is 0 Å². The summed E-state index contributed by atoms with van der Waals surface area (Å²) in [6.07, 6.45) is 10.4. The predicted octanol–water partition coefficient (Wildman–Crippen LogP) is 1.38. The number of esters is 1. The predicted molar refractivity (Wildman–Crippen MR) is 75.0 cm³/mol. The summed E-state index contributed by atoms with van der Waals surface area (Å²) in [6, 6.07) is 0. The van der Waals surface area contributed by atoms with Crippen molar-refractivity contribution in [3.8, 4) is 0 Å². The lowest BCUT2D eigenvalue weighted by atomic mass is 9.77. The standard InChI is InChI=1S/C15H15N3O3/c1-2-21-13(20)14(5-6-14)15(4-3-7-18-15)12(19)11-10-16-8-9-17-11/h3-4,7-10H,2,5-6H2,1H3. The molecular formula is C15H15N3O3. The van der Waals surface area contributed by atoms with Crippen LogP contribution >= 0.6 is 0 Å². The van der Waals surface area contributed by atoms with Crippen molar-refractivity contribution in [2.24, 2.45) is 10.4 Å². The summed E-state index contributed by atoms with van der Waals surface area (Å²) in [6.45, 7) is 2.03. The molecule has 1 aromatic rings. The molecule has 0 N–H and O–H groups in total. The third-order valence-electron chi connectivity index (χ3n) is 3.99. The minimum atomic E-state index is -1.24. The molecule has 0 spiro atoms. The van der Waals surface area contributed by atoms with Crippen molar-refractivity contribution in [3.05, 3.63) is 36.4 Å². The quantitative estimate of drug-likeness (QED) is 0.603. The van der Waals surface area contributed by atoms with Crippen LogP contribution in [0.5, 0.6) is 0 Å². The zero-order valence-electron chi connectivity index (χ0n) is 11.7. The third-order valence-corrected chi connectivity index (χ3v) is 3.99. The number of carbonyl (C=O) groups excluding carboxylic acids is 2. The summed E-state index contributed by atoms with van der Waals surface area (Å²) in [4.78, 5) is 37.5. The van der Waals surface area contributed by atoms with Gasteiger partial charge in [-0.05, 0) is 31.9 Å². The first-order chi connectivity index (χ1) is 10.2. The average Bonchev–Trinajstić information content (AvgIpc) is 3.19. The van der Waals surface area contributed by atoms with Crippen molar-refractivity contribution < 1.29 is 14.3 Å². The molecule has 21 heavy (non-hydrogen) atoms. The summed E-state index contributed by atoms with van der Waals surface area (Å²) in [7, 11) is 0. The number of allylic oxidation sites excluding steroid dienone is 1. The van der Waals surface area contributed by atoms with Gasteiger partial charge in [-0.25, -0.2) is 4.98 Å². The van der Waals surface area contributed by atoms with Crippen LogP contribution < -0.4 is 0 Å². The summed E-state index contributed by atoms with van der Waals surface area (Å²) in [5.41, 5.74) is -1.94. The number of aromatic nitrogens is 2. The van der Waals surface area contributed by atoms with E-state index >= 15 is 0 Å². The number of ether oxygens (including phenoxy) is 1. The first-order valence-corrected chi connectivity index (χ1v) is 6.87. The molecule has 1 atom stereocenters. The average molecular weight is 285 g/mol. The Morgan fingerprint density at radius 2 is 2.14 bits per heavy atom. The number of carbonyl (C=O) groups is 2. The molecule has 1 unspecified atom stereocenters. The maximum atomic E-state index is 12.9. The fourth-order valence-electron chi connectivity index (χ4n) is 2.77. The zero-order chi connectivity index (χ0) is 14.9. The van der Waals surface area contributed by atoms with Crippen LogP contribution in [0.15, 0.2) is 35.7 Å². The van der Waals surface area contributed by atoms with Gasteiger partial charge in [0.05, 0.1) is 12.8 Å². The third kappa shape index (κ3) is 1.90. The van der Waals surface area contributed by atoms with Crippen molar-refractivity contribution in [2.75, 3.05) is 6.61 Å². The van der Waals surface area contributed by atoms with Gasteiger partial charge in [0.1, 0.15) is 11.1 Å². The van der Waals surface area contributed by atoms with E-state index in [0.29, 0.717) is 12.8 Å². The van der Waals surface area contributed by atoms with Crippen molar-refractivity contribution in [3.63, 3.8) is 0 Å². The Hall–Kier alpha value is -2.37. The molecule has 2 heterocycles. The van der Waals surface area contributed by atoms with E-state index in [9.17, 15) is 9.59 Å². The van der Waals surface area contributed by atoms with Crippen molar-refractivity contribution in [1.29, 1.82) is 0 Å². The largest absolute Gasteiger partial charge is 0.465 e. The first-order valence-electron chi connectivity index (χ1n) is 6.87. The van der Waals surface area contributed by atoms with Gasteiger partial charge in [-0.2, -0.15) is 0 Å². The first kappa shape index (κ1) is 13.6. The van der Waals surface area contributed by atoms with Gasteiger partial charge in [-0.15, -0.1) is 0 Å². The number of ketones is 1. The van der Waals surface area contributed by atoms with E-state index in [1.165, 1.54) is 18.6 Å². The number of hydrogen-bond donors (Lipinski definition) is 0. The highest BCUT2D eigenvalue weighted by atomic mass is 16.5. The minimum absolute atomic E-state index is 0.205. The zero-order valence-corrected chi connectivity index (χ0v) is 11.7. The molecule has 2 aliphatic rings. The second-order valence-corrected chi connectivity index (χ2v) is 5.13. The van der Waals surface area contributed by atoms with Crippen LogP contribution in [0.3, 0.4) is 0 Å². The molecule has 0 amide bonds. The Bertz CT molecular complexity index is 621. The maximum Gasteiger partial charge on any atom is 0.315 e. The van der Waals surface area contributed by atoms with Crippen molar-refractivity contribution in [1.82, 2.24) is 9.97 Å². The van der Waals surface area contributed by atoms with E-state index in [0.717, 1.165) is 0 Å². The number of aliphatic imine (C=N–C) groups is 1. The van der Waals surface area contributed by atoms with E-state index in [4.69, 9.17) is 4.74 Å². The van der Waals surface area contributed by atoms with Crippen LogP contribution in [-0.4, -0.2) is 40.1 Å². The van der Waals surface area contributed by atoms with E-state index in [1.54, 1.807) is 25.3 Å². The minimum Gasteiger partial charge on any atom is -0.465 e. The van der Waals surface area contributed by atoms with Crippen LogP contribution in [-0.2, 0) is 9.53 Å². The molecule has 1 saturated carbocycles. The van der Waals surface area contributed by atoms with Gasteiger partial charge < -0.3 is 4.74 Å². The fourth-order valence-corrected chi connectivity index (χ4v) is 2.77. The molecule has 1 aliphatic carbocycles. The second-order valence-electron chi connectivity index (χ2n) is 5.13. The number of nitrogens with zero attached hydrogens (tertiary/aromatic N) is 3. The normalized spacial score (nSPS) is 24.8. The Balaban J connectivity index is 2.02. The summed E-state index contributed by atoms with van der Waals surface area (Å²) in [5.74, 6) is -0.683. The molecule has 0 radical (unpaired) electrons. The Morgan fingerprint density at radius 1 is 1.33 bits per heavy atom. The lowest BCUT2D eigenvalue weighted by molar-refractivity contribution is -0.151. The van der Waals surface area contributed by atoms with Gasteiger partial charge in [0.2, 0.25) is 5.78 Å². The highest BCUT2D eigenvalue weighted by molar-refractivity contribution is 6.10. The summed E-state index contributed by atoms with van der Waals surface area (Å²) >= 11 is 0. The van der Waals surface area contributed by atoms with E-state index in [2.05, 4.69) is 15.0 Å². The number of rotatable bonds is 5. The van der Waals surface area contributed by atoms with E-state index in [1.807, 2.05) is 0 Å². The van der Waals surface area contributed by atoms with Gasteiger partial charge >= 0.3 is 5.97 Å². The molecule has 3 rings (SSSR count). The number of hydrogen-bond acceptors (Lipinski definition) is 6. The Morgan fingerprint density at radius 3 is 2.67 bits per heavy atom. The molecule has 6 heteroatoms. The number of Topliss-reactive ketones (excluding diaryl/α,β-unsaturated/α-hetero) is 1. The molecule has 0 aromatic carbocycles. The van der Waals surface area contributed by atoms with Gasteiger partial charge in [0.15, 0.2) is 5.54 Å². The molecule has 1 fully saturated rings. The van der Waals surface area contributed by atoms with Crippen LogP contribution in [0.1, 0.15) is 30.3 Å². The lowest BCUT2D eigenvalue weighted by Crippen LogP contribution is -2.48. The van der Waals surface area contributed by atoms with E-state index in [-0.39, 0.29) is 24.1 Å².